The van der Waals surface area contributed by atoms with Crippen molar-refractivity contribution in [2.24, 2.45) is 0 Å². The smallest absolute Gasteiger partial charge is 0.295 e. The second kappa shape index (κ2) is 10.5. The summed E-state index contributed by atoms with van der Waals surface area (Å²) in [4.78, 5) is 2.43. The molecule has 0 saturated heterocycles. The van der Waals surface area contributed by atoms with Crippen molar-refractivity contribution in [3.05, 3.63) is 120 Å². The van der Waals surface area contributed by atoms with Crippen molar-refractivity contribution in [3.63, 3.8) is 0 Å². The largest absolute Gasteiger partial charge is 0.455 e. The first-order valence-electron chi connectivity index (χ1n) is 16.2. The third-order valence-electron chi connectivity index (χ3n) is 10.1. The Kier molecular flexibility index (Phi) is 6.33. The quantitative estimate of drug-likeness (QED) is 0.0915. The number of nitrogens with zero attached hydrogens (tertiary/aromatic N) is 2. The molecule has 232 valence electrons. The lowest BCUT2D eigenvalue weighted by atomic mass is 9.86. The van der Waals surface area contributed by atoms with Crippen LogP contribution >= 0.6 is 0 Å². The van der Waals surface area contributed by atoms with Crippen LogP contribution in [0.15, 0.2) is 112 Å². The van der Waals surface area contributed by atoms with Crippen LogP contribution in [0.5, 0.6) is 0 Å². The first-order chi connectivity index (χ1) is 22.9. The van der Waals surface area contributed by atoms with Gasteiger partial charge in [0.05, 0.1) is 0 Å². The van der Waals surface area contributed by atoms with E-state index in [4.69, 9.17) is 4.42 Å². The van der Waals surface area contributed by atoms with Gasteiger partial charge in [0, 0.05) is 75.7 Å². The van der Waals surface area contributed by atoms with Crippen LogP contribution in [-0.2, 0) is 23.0 Å². The maximum atomic E-state index is 12.7. The highest BCUT2D eigenvalue weighted by Crippen LogP contribution is 2.46. The van der Waals surface area contributed by atoms with Crippen molar-refractivity contribution in [3.8, 4) is 11.1 Å². The maximum Gasteiger partial charge on any atom is 0.295 e. The number of para-hydroxylation sites is 1. The number of rotatable bonds is 3. The standard InChI is InChI=1S/C40H32N2O4S/c1-41(27-10-3-2-4-11-27)28-16-18-29-25(23-28)15-17-33-37(32-12-5-6-14-36(32)47(43,44)45)34-20-19-30-31-13-8-22-42-21-7-9-26(38(31)42)24-35(30)40(34)46-39(29)33/h2-6,10-12,14-20,23-24H,7-9,13,21-22H2,1H3/p+1. The minimum Gasteiger partial charge on any atom is -0.455 e. The third kappa shape index (κ3) is 4.41. The van der Waals surface area contributed by atoms with Gasteiger partial charge in [-0.25, -0.2) is 0 Å². The van der Waals surface area contributed by atoms with Gasteiger partial charge in [0.15, 0.2) is 0 Å². The molecule has 0 unspecified atom stereocenters. The van der Waals surface area contributed by atoms with Crippen molar-refractivity contribution in [2.45, 2.75) is 30.6 Å². The lowest BCUT2D eigenvalue weighted by Crippen LogP contribution is -2.34. The SMILES string of the molecule is C[N+](c1ccccc1)=c1ccc2c(ccc3c(-c4ccccc4S(=O)(=O)O)c4ccc5c6c7c(cc5c4oc32)CCCN7CCC6)c1. The summed E-state index contributed by atoms with van der Waals surface area (Å²) in [5, 5.41) is 6.82. The van der Waals surface area contributed by atoms with Crippen LogP contribution in [0.2, 0.25) is 0 Å². The van der Waals surface area contributed by atoms with Crippen LogP contribution in [0.25, 0.3) is 54.6 Å². The molecule has 3 heterocycles. The Balaban J connectivity index is 1.43. The predicted molar refractivity (Wildman–Crippen MR) is 190 cm³/mol. The summed E-state index contributed by atoms with van der Waals surface area (Å²) in [7, 11) is -2.45. The van der Waals surface area contributed by atoms with Gasteiger partial charge in [0.2, 0.25) is 11.0 Å². The molecule has 0 spiro atoms. The molecule has 1 aromatic heterocycles. The molecule has 7 heteroatoms. The van der Waals surface area contributed by atoms with Crippen molar-refractivity contribution in [1.82, 2.24) is 4.58 Å². The molecule has 9 rings (SSSR count). The fourth-order valence-electron chi connectivity index (χ4n) is 8.00. The molecule has 2 aliphatic heterocycles. The summed E-state index contributed by atoms with van der Waals surface area (Å²) in [6.07, 6.45) is 4.29. The second-order valence-electron chi connectivity index (χ2n) is 12.8. The Morgan fingerprint density at radius 2 is 1.40 bits per heavy atom. The van der Waals surface area contributed by atoms with Gasteiger partial charge in [0.1, 0.15) is 23.1 Å². The van der Waals surface area contributed by atoms with Crippen LogP contribution in [0.3, 0.4) is 0 Å². The number of fused-ring (bicyclic) bond motifs is 7. The van der Waals surface area contributed by atoms with E-state index in [-0.39, 0.29) is 4.90 Å². The lowest BCUT2D eigenvalue weighted by Gasteiger charge is -2.37. The normalized spacial score (nSPS) is 15.4. The Bertz CT molecular complexity index is 2620. The fraction of sp³-hybridized carbons (Fsp3) is 0.175. The molecule has 0 atom stereocenters. The highest BCUT2D eigenvalue weighted by Gasteiger charge is 2.28. The molecule has 0 amide bonds. The number of anilines is 1. The van der Waals surface area contributed by atoms with Gasteiger partial charge >= 0.3 is 0 Å². The summed E-state index contributed by atoms with van der Waals surface area (Å²) in [5.74, 6) is 0. The summed E-state index contributed by atoms with van der Waals surface area (Å²) in [6.45, 7) is 2.19. The molecule has 1 N–H and O–H groups in total. The Hall–Kier alpha value is -4.98. The maximum absolute atomic E-state index is 12.7. The third-order valence-corrected chi connectivity index (χ3v) is 11.0. The molecule has 6 aromatic carbocycles. The Morgan fingerprint density at radius 1 is 0.723 bits per heavy atom. The monoisotopic (exact) mass is 637 g/mol. The highest BCUT2D eigenvalue weighted by molar-refractivity contribution is 7.86. The summed E-state index contributed by atoms with van der Waals surface area (Å²) < 4.78 is 45.1. The molecule has 0 aliphatic carbocycles. The van der Waals surface area contributed by atoms with Gasteiger partial charge in [-0.15, -0.1) is 0 Å². The average molecular weight is 638 g/mol. The van der Waals surface area contributed by atoms with E-state index < -0.39 is 10.1 Å². The number of hydrogen-bond donors (Lipinski definition) is 1. The molecule has 7 aromatic rings. The van der Waals surface area contributed by atoms with Gasteiger partial charge in [-0.3, -0.25) is 4.55 Å². The Labute approximate surface area is 272 Å². The van der Waals surface area contributed by atoms with Gasteiger partial charge in [0.25, 0.3) is 10.1 Å². The molecule has 2 aliphatic rings. The van der Waals surface area contributed by atoms with E-state index in [2.05, 4.69) is 71.1 Å². The zero-order chi connectivity index (χ0) is 31.9. The molecule has 6 nitrogen and oxygen atoms in total. The number of aryl methyl sites for hydroxylation is 2. The molecule has 47 heavy (non-hydrogen) atoms. The van der Waals surface area contributed by atoms with Gasteiger partial charge in [-0.05, 0) is 77.9 Å². The number of benzene rings is 6. The summed E-state index contributed by atoms with van der Waals surface area (Å²) in [5.41, 5.74) is 7.82. The van der Waals surface area contributed by atoms with E-state index in [0.717, 1.165) is 87.9 Å². The topological polar surface area (TPSA) is 73.8 Å². The number of hydrogen-bond acceptors (Lipinski definition) is 4. The minimum atomic E-state index is -4.51. The van der Waals surface area contributed by atoms with Crippen LogP contribution in [0.1, 0.15) is 24.0 Å². The van der Waals surface area contributed by atoms with E-state index in [9.17, 15) is 13.0 Å². The van der Waals surface area contributed by atoms with Crippen molar-refractivity contribution in [1.29, 1.82) is 0 Å². The molecule has 0 saturated carbocycles. The predicted octanol–water partition coefficient (Wildman–Crippen LogP) is 8.24. The van der Waals surface area contributed by atoms with E-state index in [1.165, 1.54) is 28.3 Å². The summed E-state index contributed by atoms with van der Waals surface area (Å²) >= 11 is 0. The van der Waals surface area contributed by atoms with Crippen molar-refractivity contribution >= 4 is 65.0 Å². The molecule has 0 fully saturated rings. The van der Waals surface area contributed by atoms with E-state index >= 15 is 0 Å². The minimum absolute atomic E-state index is 0.120. The molecule has 0 radical (unpaired) electrons. The van der Waals surface area contributed by atoms with Crippen LogP contribution in [0.4, 0.5) is 11.4 Å². The molecular formula is C40H33N2O4S+. The zero-order valence-electron chi connectivity index (χ0n) is 26.0. The average Bonchev–Trinajstić information content (AvgIpc) is 3.10. The molecule has 0 bridgehead atoms. The first-order valence-corrected chi connectivity index (χ1v) is 17.7. The van der Waals surface area contributed by atoms with E-state index in [0.29, 0.717) is 11.1 Å². The van der Waals surface area contributed by atoms with Crippen LogP contribution < -0.4 is 14.8 Å². The van der Waals surface area contributed by atoms with Gasteiger partial charge < -0.3 is 9.32 Å². The fourth-order valence-corrected chi connectivity index (χ4v) is 8.70. The van der Waals surface area contributed by atoms with Gasteiger partial charge in [-0.2, -0.15) is 13.0 Å². The second-order valence-corrected chi connectivity index (χ2v) is 14.2. The van der Waals surface area contributed by atoms with E-state index in [1.807, 2.05) is 30.3 Å². The first kappa shape index (κ1) is 28.3. The molecular weight excluding hydrogens is 605 g/mol. The van der Waals surface area contributed by atoms with Crippen molar-refractivity contribution < 1.29 is 17.4 Å². The zero-order valence-corrected chi connectivity index (χ0v) is 26.8. The van der Waals surface area contributed by atoms with Crippen LogP contribution in [-0.4, -0.2) is 33.1 Å². The summed E-state index contributed by atoms with van der Waals surface area (Å²) in [6, 6.07) is 33.9. The van der Waals surface area contributed by atoms with Crippen LogP contribution in [0, 0.1) is 0 Å². The van der Waals surface area contributed by atoms with E-state index in [1.54, 1.807) is 12.1 Å². The van der Waals surface area contributed by atoms with Gasteiger partial charge in [-0.1, -0.05) is 48.5 Å². The lowest BCUT2D eigenvalue weighted by molar-refractivity contribution is 0.483. The Morgan fingerprint density at radius 3 is 2.21 bits per heavy atom. The highest BCUT2D eigenvalue weighted by atomic mass is 32.2. The van der Waals surface area contributed by atoms with Crippen molar-refractivity contribution in [2.75, 3.05) is 25.0 Å².